The molecule has 1 aromatic heterocycles. The summed E-state index contributed by atoms with van der Waals surface area (Å²) in [6.07, 6.45) is 3.51. The molecule has 0 atom stereocenters. The van der Waals surface area contributed by atoms with E-state index in [9.17, 15) is 4.79 Å². The molecular formula is C12H14N4O. The normalized spacial score (nSPS) is 10.2. The average Bonchev–Trinajstić information content (AvgIpc) is 2.90. The van der Waals surface area contributed by atoms with E-state index < -0.39 is 0 Å². The summed E-state index contributed by atoms with van der Waals surface area (Å²) in [7, 11) is 0. The molecule has 4 N–H and O–H groups in total. The number of hydrogen-bond acceptors (Lipinski definition) is 3. The number of carbonyl (C=O) groups is 1. The number of nitrogens with one attached hydrogen (secondary N) is 2. The second-order valence-electron chi connectivity index (χ2n) is 3.61. The van der Waals surface area contributed by atoms with Crippen molar-refractivity contribution in [1.29, 1.82) is 0 Å². The summed E-state index contributed by atoms with van der Waals surface area (Å²) in [4.78, 5) is 11.7. The smallest absolute Gasteiger partial charge is 0.251 e. The average molecular weight is 230 g/mol. The molecule has 5 heteroatoms. The zero-order chi connectivity index (χ0) is 12.1. The SMILES string of the molecule is NCCNC(=O)c1cccc(-c2cn[nH]c2)c1. The first-order chi connectivity index (χ1) is 8.31. The maximum absolute atomic E-state index is 11.7. The maximum Gasteiger partial charge on any atom is 0.251 e. The van der Waals surface area contributed by atoms with Crippen molar-refractivity contribution < 1.29 is 4.79 Å². The van der Waals surface area contributed by atoms with Gasteiger partial charge in [0.1, 0.15) is 0 Å². The molecule has 0 aliphatic carbocycles. The first-order valence-electron chi connectivity index (χ1n) is 5.39. The lowest BCUT2D eigenvalue weighted by atomic mass is 10.1. The summed E-state index contributed by atoms with van der Waals surface area (Å²) < 4.78 is 0. The Hall–Kier alpha value is -2.14. The molecule has 2 aromatic rings. The molecular weight excluding hydrogens is 216 g/mol. The van der Waals surface area contributed by atoms with Crippen molar-refractivity contribution in [3.63, 3.8) is 0 Å². The van der Waals surface area contributed by atoms with E-state index in [1.807, 2.05) is 18.2 Å². The fraction of sp³-hybridized carbons (Fsp3) is 0.167. The highest BCUT2D eigenvalue weighted by Crippen LogP contribution is 2.18. The Bertz CT molecular complexity index is 493. The Morgan fingerprint density at radius 3 is 3.00 bits per heavy atom. The number of carbonyl (C=O) groups excluding carboxylic acids is 1. The van der Waals surface area contributed by atoms with Crippen LogP contribution in [0, 0.1) is 0 Å². The summed E-state index contributed by atoms with van der Waals surface area (Å²) in [5.74, 6) is -0.110. The minimum Gasteiger partial charge on any atom is -0.351 e. The van der Waals surface area contributed by atoms with Gasteiger partial charge in [0.25, 0.3) is 5.91 Å². The van der Waals surface area contributed by atoms with E-state index in [-0.39, 0.29) is 5.91 Å². The number of H-pyrrole nitrogens is 1. The van der Waals surface area contributed by atoms with Crippen molar-refractivity contribution >= 4 is 5.91 Å². The zero-order valence-corrected chi connectivity index (χ0v) is 9.31. The number of aromatic amines is 1. The molecule has 0 fully saturated rings. The molecule has 1 heterocycles. The van der Waals surface area contributed by atoms with Crippen LogP contribution in [0.15, 0.2) is 36.7 Å². The maximum atomic E-state index is 11.7. The molecule has 88 valence electrons. The zero-order valence-electron chi connectivity index (χ0n) is 9.31. The van der Waals surface area contributed by atoms with Gasteiger partial charge in [-0.2, -0.15) is 5.10 Å². The molecule has 0 unspecified atom stereocenters. The van der Waals surface area contributed by atoms with Gasteiger partial charge in [0.2, 0.25) is 0 Å². The van der Waals surface area contributed by atoms with Crippen molar-refractivity contribution in [2.75, 3.05) is 13.1 Å². The Balaban J connectivity index is 2.20. The molecule has 17 heavy (non-hydrogen) atoms. The summed E-state index contributed by atoms with van der Waals surface area (Å²) in [6, 6.07) is 7.39. The first-order valence-corrected chi connectivity index (χ1v) is 5.39. The molecule has 0 radical (unpaired) electrons. The van der Waals surface area contributed by atoms with Gasteiger partial charge in [-0.05, 0) is 17.7 Å². The van der Waals surface area contributed by atoms with Crippen LogP contribution < -0.4 is 11.1 Å². The van der Waals surface area contributed by atoms with E-state index in [2.05, 4.69) is 15.5 Å². The van der Waals surface area contributed by atoms with Crippen LogP contribution >= 0.6 is 0 Å². The first kappa shape index (κ1) is 11.3. The van der Waals surface area contributed by atoms with Gasteiger partial charge in [-0.3, -0.25) is 9.89 Å². The van der Waals surface area contributed by atoms with Crippen LogP contribution in [-0.4, -0.2) is 29.2 Å². The molecule has 5 nitrogen and oxygen atoms in total. The second kappa shape index (κ2) is 5.27. The van der Waals surface area contributed by atoms with E-state index in [1.54, 1.807) is 18.5 Å². The van der Waals surface area contributed by atoms with Crippen molar-refractivity contribution in [2.24, 2.45) is 5.73 Å². The van der Waals surface area contributed by atoms with Gasteiger partial charge in [-0.1, -0.05) is 12.1 Å². The van der Waals surface area contributed by atoms with Crippen LogP contribution in [0.1, 0.15) is 10.4 Å². The van der Waals surface area contributed by atoms with Crippen molar-refractivity contribution in [3.8, 4) is 11.1 Å². The van der Waals surface area contributed by atoms with E-state index in [1.165, 1.54) is 0 Å². The van der Waals surface area contributed by atoms with Gasteiger partial charge in [0.15, 0.2) is 0 Å². The predicted molar refractivity (Wildman–Crippen MR) is 65.4 cm³/mol. The van der Waals surface area contributed by atoms with Crippen LogP contribution in [0.2, 0.25) is 0 Å². The molecule has 0 saturated carbocycles. The summed E-state index contributed by atoms with van der Waals surface area (Å²) in [5.41, 5.74) is 7.87. The van der Waals surface area contributed by atoms with Gasteiger partial charge in [0, 0.05) is 30.4 Å². The highest BCUT2D eigenvalue weighted by molar-refractivity contribution is 5.95. The van der Waals surface area contributed by atoms with E-state index in [0.29, 0.717) is 18.7 Å². The lowest BCUT2D eigenvalue weighted by molar-refractivity contribution is 0.0955. The Morgan fingerprint density at radius 1 is 1.41 bits per heavy atom. The number of hydrogen-bond donors (Lipinski definition) is 3. The quantitative estimate of drug-likeness (QED) is 0.725. The van der Waals surface area contributed by atoms with Gasteiger partial charge in [0.05, 0.1) is 6.20 Å². The lowest BCUT2D eigenvalue weighted by Crippen LogP contribution is -2.28. The van der Waals surface area contributed by atoms with Gasteiger partial charge < -0.3 is 11.1 Å². The molecule has 1 amide bonds. The second-order valence-corrected chi connectivity index (χ2v) is 3.61. The largest absolute Gasteiger partial charge is 0.351 e. The lowest BCUT2D eigenvalue weighted by Gasteiger charge is -2.04. The number of amides is 1. The van der Waals surface area contributed by atoms with Crippen LogP contribution in [0.5, 0.6) is 0 Å². The Labute approximate surface area is 99.0 Å². The monoisotopic (exact) mass is 230 g/mol. The van der Waals surface area contributed by atoms with Gasteiger partial charge in [-0.25, -0.2) is 0 Å². The predicted octanol–water partition coefficient (Wildman–Crippen LogP) is 0.765. The Morgan fingerprint density at radius 2 is 2.29 bits per heavy atom. The van der Waals surface area contributed by atoms with E-state index in [4.69, 9.17) is 5.73 Å². The van der Waals surface area contributed by atoms with Crippen LogP contribution in [0.4, 0.5) is 0 Å². The highest BCUT2D eigenvalue weighted by Gasteiger charge is 2.06. The molecule has 1 aromatic carbocycles. The molecule has 0 aliphatic heterocycles. The fourth-order valence-corrected chi connectivity index (χ4v) is 1.54. The third-order valence-corrected chi connectivity index (χ3v) is 2.39. The number of benzene rings is 1. The van der Waals surface area contributed by atoms with Crippen molar-refractivity contribution in [3.05, 3.63) is 42.2 Å². The summed E-state index contributed by atoms with van der Waals surface area (Å²) >= 11 is 0. The highest BCUT2D eigenvalue weighted by atomic mass is 16.1. The summed E-state index contributed by atoms with van der Waals surface area (Å²) in [6.45, 7) is 0.919. The molecule has 0 saturated heterocycles. The van der Waals surface area contributed by atoms with Crippen LogP contribution in [0.3, 0.4) is 0 Å². The molecule has 0 spiro atoms. The number of rotatable bonds is 4. The third kappa shape index (κ3) is 2.70. The van der Waals surface area contributed by atoms with E-state index >= 15 is 0 Å². The molecule has 0 aliphatic rings. The van der Waals surface area contributed by atoms with Crippen LogP contribution in [-0.2, 0) is 0 Å². The molecule has 0 bridgehead atoms. The molecule has 2 rings (SSSR count). The van der Waals surface area contributed by atoms with Crippen LogP contribution in [0.25, 0.3) is 11.1 Å². The van der Waals surface area contributed by atoms with Crippen molar-refractivity contribution in [2.45, 2.75) is 0 Å². The Kier molecular flexibility index (Phi) is 3.52. The third-order valence-electron chi connectivity index (χ3n) is 2.39. The number of aromatic nitrogens is 2. The topological polar surface area (TPSA) is 83.8 Å². The van der Waals surface area contributed by atoms with Crippen molar-refractivity contribution in [1.82, 2.24) is 15.5 Å². The van der Waals surface area contributed by atoms with Gasteiger partial charge in [-0.15, -0.1) is 0 Å². The minimum atomic E-state index is -0.110. The number of nitrogens with two attached hydrogens (primary N) is 1. The minimum absolute atomic E-state index is 0.110. The van der Waals surface area contributed by atoms with Gasteiger partial charge >= 0.3 is 0 Å². The fourth-order valence-electron chi connectivity index (χ4n) is 1.54. The summed E-state index contributed by atoms with van der Waals surface area (Å²) in [5, 5.41) is 9.36. The van der Waals surface area contributed by atoms with E-state index in [0.717, 1.165) is 11.1 Å². The number of nitrogens with zero attached hydrogens (tertiary/aromatic N) is 1. The standard InChI is InChI=1S/C12H14N4O/c13-4-5-14-12(17)10-3-1-2-9(6-10)11-7-15-16-8-11/h1-3,6-8H,4-5,13H2,(H,14,17)(H,15,16).